The summed E-state index contributed by atoms with van der Waals surface area (Å²) in [7, 11) is 1.40. The minimum absolute atomic E-state index is 0.0778. The van der Waals surface area contributed by atoms with Crippen molar-refractivity contribution >= 4 is 27.3 Å². The van der Waals surface area contributed by atoms with E-state index in [2.05, 4.69) is 21.2 Å². The van der Waals surface area contributed by atoms with Crippen LogP contribution >= 0.6 is 15.9 Å². The normalized spacial score (nSPS) is 10.2. The second kappa shape index (κ2) is 5.75. The van der Waals surface area contributed by atoms with Crippen LogP contribution in [-0.2, 0) is 6.54 Å². The molecule has 2 rings (SSSR count). The molecule has 0 aliphatic carbocycles. The van der Waals surface area contributed by atoms with E-state index in [-0.39, 0.29) is 11.4 Å². The van der Waals surface area contributed by atoms with Gasteiger partial charge in [-0.2, -0.15) is 0 Å². The van der Waals surface area contributed by atoms with Gasteiger partial charge in [0.2, 0.25) is 0 Å². The van der Waals surface area contributed by atoms with Crippen LogP contribution in [0.1, 0.15) is 5.76 Å². The van der Waals surface area contributed by atoms with Gasteiger partial charge in [0.1, 0.15) is 5.76 Å². The Morgan fingerprint density at radius 1 is 1.47 bits per heavy atom. The smallest absolute Gasteiger partial charge is 0.312 e. The Morgan fingerprint density at radius 2 is 2.26 bits per heavy atom. The number of nitrogens with zero attached hydrogens (tertiary/aromatic N) is 1. The van der Waals surface area contributed by atoms with Crippen LogP contribution in [-0.4, -0.2) is 12.0 Å². The molecular formula is C12H11BrN2O4. The van der Waals surface area contributed by atoms with E-state index >= 15 is 0 Å². The van der Waals surface area contributed by atoms with Crippen molar-refractivity contribution in [2.75, 3.05) is 12.4 Å². The highest BCUT2D eigenvalue weighted by molar-refractivity contribution is 9.10. The number of hydrogen-bond donors (Lipinski definition) is 1. The van der Waals surface area contributed by atoms with E-state index < -0.39 is 4.92 Å². The van der Waals surface area contributed by atoms with Crippen LogP contribution in [0.2, 0.25) is 0 Å². The first-order chi connectivity index (χ1) is 9.11. The molecule has 0 radical (unpaired) electrons. The zero-order chi connectivity index (χ0) is 13.8. The lowest BCUT2D eigenvalue weighted by Crippen LogP contribution is -2.00. The van der Waals surface area contributed by atoms with Gasteiger partial charge < -0.3 is 14.5 Å². The first kappa shape index (κ1) is 13.4. The van der Waals surface area contributed by atoms with Crippen molar-refractivity contribution in [3.05, 3.63) is 50.9 Å². The predicted molar refractivity (Wildman–Crippen MR) is 73.4 cm³/mol. The predicted octanol–water partition coefficient (Wildman–Crippen LogP) is 3.57. The molecule has 0 unspecified atom stereocenters. The fraction of sp³-hybridized carbons (Fsp3) is 0.167. The molecule has 1 heterocycles. The van der Waals surface area contributed by atoms with Gasteiger partial charge in [-0.15, -0.1) is 0 Å². The number of nitro benzene ring substituents is 1. The van der Waals surface area contributed by atoms with E-state index in [1.807, 2.05) is 0 Å². The number of furan rings is 1. The quantitative estimate of drug-likeness (QED) is 0.671. The van der Waals surface area contributed by atoms with E-state index in [9.17, 15) is 10.1 Å². The van der Waals surface area contributed by atoms with Crippen LogP contribution in [0.4, 0.5) is 11.4 Å². The Bertz CT molecular complexity index is 597. The van der Waals surface area contributed by atoms with Gasteiger partial charge in [-0.3, -0.25) is 10.1 Å². The monoisotopic (exact) mass is 326 g/mol. The van der Waals surface area contributed by atoms with Crippen LogP contribution in [0.5, 0.6) is 5.75 Å². The molecule has 0 amide bonds. The highest BCUT2D eigenvalue weighted by Crippen LogP contribution is 2.30. The van der Waals surface area contributed by atoms with Gasteiger partial charge in [-0.25, -0.2) is 0 Å². The number of methoxy groups -OCH3 is 1. The van der Waals surface area contributed by atoms with Gasteiger partial charge in [-0.1, -0.05) is 0 Å². The number of ether oxygens (including phenoxy) is 1. The Kier molecular flexibility index (Phi) is 4.06. The zero-order valence-electron chi connectivity index (χ0n) is 10.1. The van der Waals surface area contributed by atoms with Crippen molar-refractivity contribution in [2.45, 2.75) is 6.54 Å². The maximum absolute atomic E-state index is 10.9. The Balaban J connectivity index is 2.15. The summed E-state index contributed by atoms with van der Waals surface area (Å²) < 4.78 is 11.0. The first-order valence-corrected chi connectivity index (χ1v) is 6.19. The molecule has 0 saturated carbocycles. The van der Waals surface area contributed by atoms with Crippen molar-refractivity contribution in [1.82, 2.24) is 0 Å². The molecule has 0 aliphatic rings. The van der Waals surface area contributed by atoms with E-state index in [0.717, 1.165) is 10.2 Å². The molecule has 7 heteroatoms. The summed E-state index contributed by atoms with van der Waals surface area (Å²) in [6.07, 6.45) is 1.57. The summed E-state index contributed by atoms with van der Waals surface area (Å²) in [5.41, 5.74) is 0.543. The minimum atomic E-state index is -0.479. The van der Waals surface area contributed by atoms with Crippen molar-refractivity contribution in [1.29, 1.82) is 0 Å². The average Bonchev–Trinajstić information content (AvgIpc) is 2.81. The van der Waals surface area contributed by atoms with Crippen molar-refractivity contribution in [2.24, 2.45) is 0 Å². The molecule has 1 N–H and O–H groups in total. The molecule has 0 spiro atoms. The second-order valence-electron chi connectivity index (χ2n) is 3.69. The molecule has 1 aromatic carbocycles. The summed E-state index contributed by atoms with van der Waals surface area (Å²) >= 11 is 3.34. The number of benzene rings is 1. The molecule has 0 atom stereocenters. The van der Waals surface area contributed by atoms with Gasteiger partial charge in [0.15, 0.2) is 5.75 Å². The molecule has 0 fully saturated rings. The highest BCUT2D eigenvalue weighted by Gasteiger charge is 2.15. The summed E-state index contributed by atoms with van der Waals surface area (Å²) in [4.78, 5) is 10.4. The van der Waals surface area contributed by atoms with Crippen molar-refractivity contribution in [3.8, 4) is 5.75 Å². The van der Waals surface area contributed by atoms with Crippen LogP contribution in [0.25, 0.3) is 0 Å². The van der Waals surface area contributed by atoms with Gasteiger partial charge >= 0.3 is 5.69 Å². The second-order valence-corrected chi connectivity index (χ2v) is 4.54. The summed E-state index contributed by atoms with van der Waals surface area (Å²) in [5.74, 6) is 0.952. The molecule has 0 bridgehead atoms. The van der Waals surface area contributed by atoms with Crippen molar-refractivity contribution < 1.29 is 14.1 Å². The third-order valence-corrected chi connectivity index (χ3v) is 3.23. The number of nitro groups is 1. The van der Waals surface area contributed by atoms with Gasteiger partial charge in [-0.05, 0) is 34.1 Å². The largest absolute Gasteiger partial charge is 0.490 e. The molecule has 2 aromatic rings. The SMILES string of the molecule is COc1ccc(NCc2occc2Br)cc1[N+](=O)[O-]. The molecule has 100 valence electrons. The number of nitrogens with one attached hydrogen (secondary N) is 1. The summed E-state index contributed by atoms with van der Waals surface area (Å²) in [5, 5.41) is 13.9. The molecule has 6 nitrogen and oxygen atoms in total. The lowest BCUT2D eigenvalue weighted by molar-refractivity contribution is -0.385. The number of rotatable bonds is 5. The third kappa shape index (κ3) is 3.05. The Hall–Kier alpha value is -2.02. The lowest BCUT2D eigenvalue weighted by Gasteiger charge is -2.07. The number of anilines is 1. The molecular weight excluding hydrogens is 316 g/mol. The average molecular weight is 327 g/mol. The molecule has 0 saturated heterocycles. The summed E-state index contributed by atoms with van der Waals surface area (Å²) in [6, 6.07) is 6.48. The van der Waals surface area contributed by atoms with Gasteiger partial charge in [0.25, 0.3) is 0 Å². The van der Waals surface area contributed by atoms with Crippen molar-refractivity contribution in [3.63, 3.8) is 0 Å². The van der Waals surface area contributed by atoms with E-state index in [1.54, 1.807) is 24.5 Å². The maximum atomic E-state index is 10.9. The van der Waals surface area contributed by atoms with Crippen LogP contribution in [0, 0.1) is 10.1 Å². The third-order valence-electron chi connectivity index (χ3n) is 2.52. The van der Waals surface area contributed by atoms with E-state index in [0.29, 0.717) is 12.2 Å². The highest BCUT2D eigenvalue weighted by atomic mass is 79.9. The van der Waals surface area contributed by atoms with Gasteiger partial charge in [0, 0.05) is 11.8 Å². The molecule has 19 heavy (non-hydrogen) atoms. The fourth-order valence-electron chi connectivity index (χ4n) is 1.58. The zero-order valence-corrected chi connectivity index (χ0v) is 11.6. The number of hydrogen-bond acceptors (Lipinski definition) is 5. The fourth-order valence-corrected chi connectivity index (χ4v) is 1.92. The minimum Gasteiger partial charge on any atom is -0.490 e. The lowest BCUT2D eigenvalue weighted by atomic mass is 10.2. The Labute approximate surface area is 117 Å². The van der Waals surface area contributed by atoms with Crippen LogP contribution in [0.3, 0.4) is 0 Å². The standard InChI is InChI=1S/C12H11BrN2O4/c1-18-11-3-2-8(6-10(11)15(16)17)14-7-12-9(13)4-5-19-12/h2-6,14H,7H2,1H3. The van der Waals surface area contributed by atoms with Crippen LogP contribution < -0.4 is 10.1 Å². The molecule has 0 aliphatic heterocycles. The first-order valence-electron chi connectivity index (χ1n) is 5.40. The summed E-state index contributed by atoms with van der Waals surface area (Å²) in [6.45, 7) is 0.428. The topological polar surface area (TPSA) is 77.5 Å². The van der Waals surface area contributed by atoms with E-state index in [1.165, 1.54) is 13.2 Å². The van der Waals surface area contributed by atoms with Crippen LogP contribution in [0.15, 0.2) is 39.4 Å². The van der Waals surface area contributed by atoms with E-state index in [4.69, 9.17) is 9.15 Å². The molecule has 1 aromatic heterocycles. The van der Waals surface area contributed by atoms with Gasteiger partial charge in [0.05, 0.1) is 29.3 Å². The Morgan fingerprint density at radius 3 is 2.84 bits per heavy atom. The number of halogens is 1. The maximum Gasteiger partial charge on any atom is 0.312 e.